The number of nitrogens with two attached hydrogens (primary N) is 1. The lowest BCUT2D eigenvalue weighted by Gasteiger charge is -2.16. The predicted octanol–water partition coefficient (Wildman–Crippen LogP) is -1.45. The number of quaternary nitrogens is 1. The fraction of sp³-hybridized carbons (Fsp3) is 0.353. The highest BCUT2D eigenvalue weighted by Crippen LogP contribution is 2.15. The Bertz CT molecular complexity index is 639. The average Bonchev–Trinajstić information content (AvgIpc) is 2.59. The zero-order valence-electron chi connectivity index (χ0n) is 14.4. The number of aliphatic carboxylic acids is 1. The highest BCUT2D eigenvalue weighted by molar-refractivity contribution is 7.80. The molecule has 1 atom stereocenters. The molecule has 0 unspecified atom stereocenters. The summed E-state index contributed by atoms with van der Waals surface area (Å²) in [5.74, 6) is -1.75. The Balaban J connectivity index is 2.59. The molecule has 142 valence electrons. The molecule has 0 spiro atoms. The summed E-state index contributed by atoms with van der Waals surface area (Å²) in [6.07, 6.45) is 1.89. The second kappa shape index (κ2) is 12.0. The van der Waals surface area contributed by atoms with Crippen molar-refractivity contribution in [2.75, 3.05) is 30.3 Å². The van der Waals surface area contributed by atoms with Gasteiger partial charge in [-0.15, -0.1) is 6.58 Å². The van der Waals surface area contributed by atoms with Gasteiger partial charge >= 0.3 is 0 Å². The number of carboxylic acids is 1. The maximum atomic E-state index is 12.1. The normalized spacial score (nSPS) is 11.3. The standard InChI is InChI=1S/C17H24N4O4S/c1-2-7-19-17(26)21-13-6-3-5-12(10-13)20-15(23)11-14(16(24)25)18-8-4-9-22/h2-3,5-6,10,14,18,22H,1,4,7-9,11H2,(H,20,23)(H,24,25)(H2,19,21,26)/t14-/m0/s1. The minimum atomic E-state index is -1.31. The smallest absolute Gasteiger partial charge is 0.230 e. The third kappa shape index (κ3) is 8.56. The fourth-order valence-corrected chi connectivity index (χ4v) is 2.30. The molecular weight excluding hydrogens is 356 g/mol. The molecule has 1 amide bonds. The maximum absolute atomic E-state index is 12.1. The zero-order valence-corrected chi connectivity index (χ0v) is 15.2. The molecule has 0 saturated heterocycles. The van der Waals surface area contributed by atoms with Crippen LogP contribution in [-0.2, 0) is 9.59 Å². The molecule has 0 aliphatic heterocycles. The van der Waals surface area contributed by atoms with Crippen LogP contribution in [0.5, 0.6) is 0 Å². The van der Waals surface area contributed by atoms with Gasteiger partial charge in [0.05, 0.1) is 18.9 Å². The van der Waals surface area contributed by atoms with E-state index >= 15 is 0 Å². The van der Waals surface area contributed by atoms with E-state index in [1.54, 1.807) is 30.3 Å². The molecule has 0 heterocycles. The number of rotatable bonds is 11. The Kier molecular flexibility index (Phi) is 9.91. The quantitative estimate of drug-likeness (QED) is 0.180. The van der Waals surface area contributed by atoms with Crippen LogP contribution in [0.3, 0.4) is 0 Å². The first-order chi connectivity index (χ1) is 12.5. The summed E-state index contributed by atoms with van der Waals surface area (Å²) in [6, 6.07) is 5.89. The van der Waals surface area contributed by atoms with E-state index in [1.807, 2.05) is 0 Å². The topological polar surface area (TPSA) is 130 Å². The number of aliphatic hydroxyl groups excluding tert-OH is 1. The first-order valence-corrected chi connectivity index (χ1v) is 8.57. The van der Waals surface area contributed by atoms with E-state index in [0.29, 0.717) is 36.0 Å². The number of hydrogen-bond donors (Lipinski definition) is 5. The van der Waals surface area contributed by atoms with E-state index in [1.165, 1.54) is 5.32 Å². The van der Waals surface area contributed by atoms with Crippen molar-refractivity contribution in [2.45, 2.75) is 18.9 Å². The van der Waals surface area contributed by atoms with Crippen LogP contribution in [-0.4, -0.2) is 47.8 Å². The van der Waals surface area contributed by atoms with Gasteiger partial charge in [-0.25, -0.2) is 0 Å². The van der Waals surface area contributed by atoms with Gasteiger partial charge in [0, 0.05) is 30.9 Å². The van der Waals surface area contributed by atoms with Gasteiger partial charge in [0.15, 0.2) is 5.11 Å². The minimum Gasteiger partial charge on any atom is -0.544 e. The lowest BCUT2D eigenvalue weighted by molar-refractivity contribution is -0.682. The van der Waals surface area contributed by atoms with Crippen LogP contribution in [0.25, 0.3) is 0 Å². The molecule has 0 radical (unpaired) electrons. The van der Waals surface area contributed by atoms with Crippen molar-refractivity contribution in [1.82, 2.24) is 5.32 Å². The summed E-state index contributed by atoms with van der Waals surface area (Å²) in [4.78, 5) is 23.2. The van der Waals surface area contributed by atoms with Gasteiger partial charge in [-0.3, -0.25) is 4.79 Å². The van der Waals surface area contributed by atoms with E-state index < -0.39 is 17.9 Å². The summed E-state index contributed by atoms with van der Waals surface area (Å²) in [7, 11) is 0. The third-order valence-electron chi connectivity index (χ3n) is 3.33. The monoisotopic (exact) mass is 380 g/mol. The SMILES string of the molecule is C=CCNC(=S)Nc1cccc(NC(=O)C[C@H]([NH2+]CCCO)C(=O)[O-])c1. The maximum Gasteiger partial charge on any atom is 0.230 e. The number of aliphatic hydroxyl groups is 1. The molecule has 0 aliphatic rings. The van der Waals surface area contributed by atoms with Gasteiger partial charge in [0.2, 0.25) is 5.91 Å². The Labute approximate surface area is 157 Å². The Hall–Kier alpha value is -2.49. The van der Waals surface area contributed by atoms with Gasteiger partial charge in [0.1, 0.15) is 6.04 Å². The van der Waals surface area contributed by atoms with Crippen molar-refractivity contribution < 1.29 is 25.1 Å². The largest absolute Gasteiger partial charge is 0.544 e. The average molecular weight is 380 g/mol. The lowest BCUT2D eigenvalue weighted by atomic mass is 10.2. The molecule has 1 aromatic carbocycles. The van der Waals surface area contributed by atoms with Gasteiger partial charge in [-0.05, 0) is 30.4 Å². The highest BCUT2D eigenvalue weighted by atomic mass is 32.1. The number of anilines is 2. The van der Waals surface area contributed by atoms with Crippen LogP contribution in [0.4, 0.5) is 11.4 Å². The third-order valence-corrected chi connectivity index (χ3v) is 3.58. The molecule has 1 aromatic rings. The minimum absolute atomic E-state index is 0.0359. The number of carbonyl (C=O) groups is 2. The molecule has 0 aromatic heterocycles. The fourth-order valence-electron chi connectivity index (χ4n) is 2.10. The zero-order chi connectivity index (χ0) is 19.4. The number of amides is 1. The highest BCUT2D eigenvalue weighted by Gasteiger charge is 2.18. The summed E-state index contributed by atoms with van der Waals surface area (Å²) in [5, 5.41) is 30.3. The summed E-state index contributed by atoms with van der Waals surface area (Å²) < 4.78 is 0. The number of carboxylic acid groups (broad SMARTS) is 1. The van der Waals surface area contributed by atoms with E-state index in [0.717, 1.165) is 0 Å². The van der Waals surface area contributed by atoms with E-state index in [9.17, 15) is 14.7 Å². The van der Waals surface area contributed by atoms with Gasteiger partial charge < -0.3 is 36.3 Å². The van der Waals surface area contributed by atoms with Crippen molar-refractivity contribution in [2.24, 2.45) is 0 Å². The molecular formula is C17H24N4O4S. The van der Waals surface area contributed by atoms with Crippen LogP contribution >= 0.6 is 12.2 Å². The molecule has 26 heavy (non-hydrogen) atoms. The summed E-state index contributed by atoms with van der Waals surface area (Å²) in [5.41, 5.74) is 1.19. The predicted molar refractivity (Wildman–Crippen MR) is 101 cm³/mol. The summed E-state index contributed by atoms with van der Waals surface area (Å²) in [6.45, 7) is 4.48. The van der Waals surface area contributed by atoms with Crippen molar-refractivity contribution in [3.8, 4) is 0 Å². The number of thiocarbonyl (C=S) groups is 1. The number of benzene rings is 1. The Morgan fingerprint density at radius 3 is 2.65 bits per heavy atom. The van der Waals surface area contributed by atoms with Gasteiger partial charge in [-0.2, -0.15) is 0 Å². The second-order valence-electron chi connectivity index (χ2n) is 5.48. The molecule has 0 bridgehead atoms. The number of carbonyl (C=O) groups excluding carboxylic acids is 2. The van der Waals surface area contributed by atoms with E-state index in [-0.39, 0.29) is 13.0 Å². The van der Waals surface area contributed by atoms with Gasteiger partial charge in [-0.1, -0.05) is 12.1 Å². The molecule has 0 saturated carbocycles. The second-order valence-corrected chi connectivity index (χ2v) is 5.89. The van der Waals surface area contributed by atoms with Crippen molar-refractivity contribution in [3.63, 3.8) is 0 Å². The molecule has 6 N–H and O–H groups in total. The van der Waals surface area contributed by atoms with Crippen molar-refractivity contribution >= 4 is 40.6 Å². The van der Waals surface area contributed by atoms with Crippen molar-refractivity contribution in [1.29, 1.82) is 0 Å². The first-order valence-electron chi connectivity index (χ1n) is 8.17. The molecule has 0 aliphatic carbocycles. The Morgan fingerprint density at radius 2 is 2.04 bits per heavy atom. The molecule has 1 rings (SSSR count). The summed E-state index contributed by atoms with van der Waals surface area (Å²) >= 11 is 5.12. The van der Waals surface area contributed by atoms with Gasteiger partial charge in [0.25, 0.3) is 0 Å². The van der Waals surface area contributed by atoms with Crippen LogP contribution in [0.2, 0.25) is 0 Å². The first kappa shape index (κ1) is 21.6. The van der Waals surface area contributed by atoms with Crippen LogP contribution in [0.15, 0.2) is 36.9 Å². The van der Waals surface area contributed by atoms with Crippen molar-refractivity contribution in [3.05, 3.63) is 36.9 Å². The number of hydrogen-bond acceptors (Lipinski definition) is 5. The molecule has 9 heteroatoms. The molecule has 0 fully saturated rings. The van der Waals surface area contributed by atoms with E-state index in [4.69, 9.17) is 17.3 Å². The van der Waals surface area contributed by atoms with Crippen LogP contribution in [0, 0.1) is 0 Å². The van der Waals surface area contributed by atoms with Crippen LogP contribution in [0.1, 0.15) is 12.8 Å². The number of nitrogens with one attached hydrogen (secondary N) is 3. The Morgan fingerprint density at radius 1 is 1.35 bits per heavy atom. The van der Waals surface area contributed by atoms with Crippen LogP contribution < -0.4 is 26.4 Å². The van der Waals surface area contributed by atoms with E-state index in [2.05, 4.69) is 22.5 Å². The lowest BCUT2D eigenvalue weighted by Crippen LogP contribution is -2.93. The molecule has 8 nitrogen and oxygen atoms in total.